The summed E-state index contributed by atoms with van der Waals surface area (Å²) in [7, 11) is 0. The van der Waals surface area contributed by atoms with Gasteiger partial charge in [0, 0.05) is 12.3 Å². The molecule has 1 aliphatic rings. The van der Waals surface area contributed by atoms with Crippen LogP contribution in [-0.4, -0.2) is 31.7 Å². The summed E-state index contributed by atoms with van der Waals surface area (Å²) in [5, 5.41) is 16.2. The smallest absolute Gasteiger partial charge is 0.330 e. The van der Waals surface area contributed by atoms with Gasteiger partial charge < -0.3 is 14.9 Å². The third kappa shape index (κ3) is 5.82. The quantitative estimate of drug-likeness (QED) is 0.621. The standard InChI is InChI=1S/C9H12N2O3.C3H8O2/c1-6-2-3-8(14-6)11-5-4-7(12)10-9(11)13;1-3(2,4)5/h4-6,8H,2-3H2,1H3,(H,10,12,13);4-5H,1-2H3. The summed E-state index contributed by atoms with van der Waals surface area (Å²) in [6, 6.07) is 1.33. The summed E-state index contributed by atoms with van der Waals surface area (Å²) in [4.78, 5) is 24.4. The van der Waals surface area contributed by atoms with E-state index >= 15 is 0 Å². The number of nitrogens with zero attached hydrogens (tertiary/aromatic N) is 1. The van der Waals surface area contributed by atoms with Crippen LogP contribution in [0.15, 0.2) is 21.9 Å². The molecule has 0 radical (unpaired) electrons. The zero-order chi connectivity index (χ0) is 14.6. The first-order valence-electron chi connectivity index (χ1n) is 6.08. The zero-order valence-corrected chi connectivity index (χ0v) is 11.3. The van der Waals surface area contributed by atoms with Gasteiger partial charge in [-0.1, -0.05) is 0 Å². The Bertz CT molecular complexity index is 508. The van der Waals surface area contributed by atoms with Gasteiger partial charge in [-0.3, -0.25) is 14.3 Å². The number of aliphatic hydroxyl groups is 2. The van der Waals surface area contributed by atoms with Crippen LogP contribution >= 0.6 is 0 Å². The predicted molar refractivity (Wildman–Crippen MR) is 68.7 cm³/mol. The molecule has 0 aromatic carbocycles. The lowest BCUT2D eigenvalue weighted by atomic mass is 10.2. The first-order valence-corrected chi connectivity index (χ1v) is 6.08. The lowest BCUT2D eigenvalue weighted by Crippen LogP contribution is -2.31. The molecule has 1 aromatic rings. The molecule has 3 N–H and O–H groups in total. The van der Waals surface area contributed by atoms with Crippen LogP contribution in [-0.2, 0) is 4.74 Å². The van der Waals surface area contributed by atoms with E-state index in [1.807, 2.05) is 6.92 Å². The van der Waals surface area contributed by atoms with Gasteiger partial charge in [-0.25, -0.2) is 4.79 Å². The molecule has 1 aromatic heterocycles. The molecule has 1 fully saturated rings. The van der Waals surface area contributed by atoms with E-state index in [-0.39, 0.29) is 17.9 Å². The van der Waals surface area contributed by atoms with Crippen molar-refractivity contribution in [1.82, 2.24) is 9.55 Å². The first-order chi connectivity index (χ1) is 8.66. The highest BCUT2D eigenvalue weighted by molar-refractivity contribution is 4.85. The van der Waals surface area contributed by atoms with Gasteiger partial charge in [0.2, 0.25) is 0 Å². The fourth-order valence-corrected chi connectivity index (χ4v) is 1.64. The Balaban J connectivity index is 0.000000312. The first kappa shape index (κ1) is 15.6. The monoisotopic (exact) mass is 272 g/mol. The predicted octanol–water partition coefficient (Wildman–Crippen LogP) is -0.0588. The minimum atomic E-state index is -1.50. The van der Waals surface area contributed by atoms with Crippen LogP contribution in [0, 0.1) is 0 Å². The van der Waals surface area contributed by atoms with Crippen LogP contribution < -0.4 is 11.2 Å². The Morgan fingerprint density at radius 2 is 1.95 bits per heavy atom. The van der Waals surface area contributed by atoms with Crippen molar-refractivity contribution in [2.75, 3.05) is 0 Å². The van der Waals surface area contributed by atoms with Crippen LogP contribution in [0.2, 0.25) is 0 Å². The summed E-state index contributed by atoms with van der Waals surface area (Å²) >= 11 is 0. The topological polar surface area (TPSA) is 105 Å². The third-order valence-electron chi connectivity index (χ3n) is 2.37. The fraction of sp³-hybridized carbons (Fsp3) is 0.667. The molecule has 19 heavy (non-hydrogen) atoms. The molecular formula is C12H20N2O5. The van der Waals surface area contributed by atoms with E-state index < -0.39 is 11.5 Å². The van der Waals surface area contributed by atoms with Gasteiger partial charge in [0.05, 0.1) is 6.10 Å². The number of aromatic amines is 1. The highest BCUT2D eigenvalue weighted by Gasteiger charge is 2.23. The van der Waals surface area contributed by atoms with Gasteiger partial charge in [-0.15, -0.1) is 0 Å². The maximum Gasteiger partial charge on any atom is 0.330 e. The Morgan fingerprint density at radius 3 is 2.37 bits per heavy atom. The highest BCUT2D eigenvalue weighted by atomic mass is 16.5. The molecule has 0 bridgehead atoms. The van der Waals surface area contributed by atoms with Crippen LogP contribution in [0.25, 0.3) is 0 Å². The van der Waals surface area contributed by atoms with Crippen molar-refractivity contribution in [2.24, 2.45) is 0 Å². The Morgan fingerprint density at radius 1 is 1.37 bits per heavy atom. The lowest BCUT2D eigenvalue weighted by Gasteiger charge is -2.12. The second-order valence-electron chi connectivity index (χ2n) is 4.99. The van der Waals surface area contributed by atoms with Crippen LogP contribution in [0.3, 0.4) is 0 Å². The van der Waals surface area contributed by atoms with Crippen molar-refractivity contribution < 1.29 is 14.9 Å². The second-order valence-corrected chi connectivity index (χ2v) is 4.99. The van der Waals surface area contributed by atoms with Crippen LogP contribution in [0.5, 0.6) is 0 Å². The molecule has 2 heterocycles. The SMILES string of the molecule is CC(C)(O)O.CC1CCC(n2ccc(=O)[nH]c2=O)O1. The third-order valence-corrected chi connectivity index (χ3v) is 2.37. The summed E-state index contributed by atoms with van der Waals surface area (Å²) in [5.74, 6) is -1.50. The minimum absolute atomic E-state index is 0.179. The Kier molecular flexibility index (Phi) is 5.04. The molecule has 2 atom stereocenters. The molecule has 2 rings (SSSR count). The van der Waals surface area contributed by atoms with Gasteiger partial charge in [0.25, 0.3) is 5.56 Å². The number of aromatic nitrogens is 2. The number of hydrogen-bond donors (Lipinski definition) is 3. The number of H-pyrrole nitrogens is 1. The molecular weight excluding hydrogens is 252 g/mol. The van der Waals surface area contributed by atoms with Gasteiger partial charge in [0.15, 0.2) is 5.79 Å². The number of ether oxygens (including phenoxy) is 1. The molecule has 0 saturated carbocycles. The maximum atomic E-state index is 11.4. The van der Waals surface area contributed by atoms with Gasteiger partial charge in [-0.2, -0.15) is 0 Å². The van der Waals surface area contributed by atoms with E-state index in [9.17, 15) is 9.59 Å². The fourth-order valence-electron chi connectivity index (χ4n) is 1.64. The highest BCUT2D eigenvalue weighted by Crippen LogP contribution is 2.25. The van der Waals surface area contributed by atoms with Gasteiger partial charge in [-0.05, 0) is 33.6 Å². The van der Waals surface area contributed by atoms with Crippen LogP contribution in [0.1, 0.15) is 39.8 Å². The maximum absolute atomic E-state index is 11.4. The van der Waals surface area contributed by atoms with E-state index in [1.165, 1.54) is 30.7 Å². The molecule has 7 heteroatoms. The van der Waals surface area contributed by atoms with Gasteiger partial charge >= 0.3 is 5.69 Å². The summed E-state index contributed by atoms with van der Waals surface area (Å²) in [6.07, 6.45) is 3.18. The molecule has 1 saturated heterocycles. The minimum Gasteiger partial charge on any atom is -0.366 e. The molecule has 108 valence electrons. The second kappa shape index (κ2) is 6.14. The molecule has 0 aliphatic carbocycles. The van der Waals surface area contributed by atoms with E-state index in [1.54, 1.807) is 0 Å². The Labute approximate surface area is 110 Å². The lowest BCUT2D eigenvalue weighted by molar-refractivity contribution is -0.127. The van der Waals surface area contributed by atoms with Crippen molar-refractivity contribution in [2.45, 2.75) is 51.7 Å². The normalized spacial score (nSPS) is 22.8. The van der Waals surface area contributed by atoms with Crippen molar-refractivity contribution in [3.8, 4) is 0 Å². The van der Waals surface area contributed by atoms with E-state index in [4.69, 9.17) is 14.9 Å². The van der Waals surface area contributed by atoms with E-state index in [2.05, 4.69) is 4.98 Å². The van der Waals surface area contributed by atoms with Crippen molar-refractivity contribution in [3.05, 3.63) is 33.1 Å². The number of nitrogens with one attached hydrogen (secondary N) is 1. The summed E-state index contributed by atoms with van der Waals surface area (Å²) in [5.41, 5.74) is -0.783. The van der Waals surface area contributed by atoms with Gasteiger partial charge in [0.1, 0.15) is 6.23 Å². The molecule has 2 unspecified atom stereocenters. The average Bonchev–Trinajstić information content (AvgIpc) is 2.62. The van der Waals surface area contributed by atoms with E-state index in [0.29, 0.717) is 0 Å². The van der Waals surface area contributed by atoms with Crippen molar-refractivity contribution in [3.63, 3.8) is 0 Å². The summed E-state index contributed by atoms with van der Waals surface area (Å²) < 4.78 is 6.93. The molecule has 0 amide bonds. The molecule has 7 nitrogen and oxygen atoms in total. The van der Waals surface area contributed by atoms with E-state index in [0.717, 1.165) is 12.8 Å². The largest absolute Gasteiger partial charge is 0.366 e. The average molecular weight is 272 g/mol. The zero-order valence-electron chi connectivity index (χ0n) is 11.3. The molecule has 0 spiro atoms. The summed E-state index contributed by atoms with van der Waals surface area (Å²) in [6.45, 7) is 4.57. The van der Waals surface area contributed by atoms with Crippen molar-refractivity contribution in [1.29, 1.82) is 0 Å². The molecule has 1 aliphatic heterocycles. The number of rotatable bonds is 1. The number of hydrogen-bond acceptors (Lipinski definition) is 5. The van der Waals surface area contributed by atoms with Crippen LogP contribution in [0.4, 0.5) is 0 Å². The van der Waals surface area contributed by atoms with Crippen molar-refractivity contribution >= 4 is 0 Å². The Hall–Kier alpha value is -1.44.